The first-order valence-electron chi connectivity index (χ1n) is 11.3. The van der Waals surface area contributed by atoms with E-state index in [-0.39, 0.29) is 11.3 Å². The van der Waals surface area contributed by atoms with Crippen LogP contribution in [0.15, 0.2) is 24.3 Å². The topological polar surface area (TPSA) is 58.1 Å². The van der Waals surface area contributed by atoms with Crippen molar-refractivity contribution in [2.24, 2.45) is 11.3 Å². The van der Waals surface area contributed by atoms with Gasteiger partial charge >= 0.3 is 0 Å². The Morgan fingerprint density at radius 2 is 1.90 bits per heavy atom. The maximum atomic E-state index is 12.7. The third kappa shape index (κ3) is 4.50. The summed E-state index contributed by atoms with van der Waals surface area (Å²) in [6.07, 6.45) is 3.41. The number of amides is 1. The molecule has 1 aromatic heterocycles. The zero-order chi connectivity index (χ0) is 21.5. The van der Waals surface area contributed by atoms with Crippen molar-refractivity contribution in [3.05, 3.63) is 46.8 Å². The van der Waals surface area contributed by atoms with Crippen LogP contribution < -0.4 is 10.2 Å². The summed E-state index contributed by atoms with van der Waals surface area (Å²) in [6, 6.07) is 8.64. The Balaban J connectivity index is 1.66. The van der Waals surface area contributed by atoms with Gasteiger partial charge in [0.2, 0.25) is 11.9 Å². The molecule has 1 aliphatic heterocycles. The zero-order valence-corrected chi connectivity index (χ0v) is 19.0. The molecule has 0 radical (unpaired) electrons. The van der Waals surface area contributed by atoms with Crippen molar-refractivity contribution in [3.8, 4) is 0 Å². The van der Waals surface area contributed by atoms with E-state index in [2.05, 4.69) is 69.1 Å². The van der Waals surface area contributed by atoms with Crippen molar-refractivity contribution in [2.45, 2.75) is 72.8 Å². The van der Waals surface area contributed by atoms with Gasteiger partial charge in [-0.1, -0.05) is 58.9 Å². The summed E-state index contributed by atoms with van der Waals surface area (Å²) >= 11 is 0. The standard InChI is InChI=1S/C25H34N4O/c1-6-20-23(27-21(30)14-25(3,4)5)22(19-13-16(19)2)28-24(26-20)29-12-11-17-9-7-8-10-18(17)15-29/h7-10,16,19H,6,11-15H2,1-5H3,(H,27,30)/t16?,19-/m0/s1. The summed E-state index contributed by atoms with van der Waals surface area (Å²) in [7, 11) is 0. The molecule has 2 atom stereocenters. The third-order valence-electron chi connectivity index (χ3n) is 6.16. The van der Waals surface area contributed by atoms with E-state index in [1.807, 2.05) is 0 Å². The number of rotatable bonds is 5. The molecule has 1 aliphatic carbocycles. The normalized spacial score (nSPS) is 20.6. The van der Waals surface area contributed by atoms with Crippen molar-refractivity contribution >= 4 is 17.5 Å². The number of benzene rings is 1. The molecule has 4 rings (SSSR count). The quantitative estimate of drug-likeness (QED) is 0.750. The van der Waals surface area contributed by atoms with Gasteiger partial charge in [0.25, 0.3) is 0 Å². The molecular weight excluding hydrogens is 372 g/mol. The van der Waals surface area contributed by atoms with Gasteiger partial charge in [-0.25, -0.2) is 9.97 Å². The molecule has 1 aromatic carbocycles. The number of fused-ring (bicyclic) bond motifs is 1. The Hall–Kier alpha value is -2.43. The van der Waals surface area contributed by atoms with Gasteiger partial charge in [0.1, 0.15) is 0 Å². The molecule has 1 amide bonds. The minimum atomic E-state index is -0.0501. The lowest BCUT2D eigenvalue weighted by molar-refractivity contribution is -0.117. The molecule has 1 saturated carbocycles. The average Bonchev–Trinajstić information content (AvgIpc) is 3.42. The van der Waals surface area contributed by atoms with E-state index in [0.717, 1.165) is 55.4 Å². The molecule has 2 heterocycles. The van der Waals surface area contributed by atoms with Gasteiger partial charge < -0.3 is 10.2 Å². The Morgan fingerprint density at radius 1 is 1.20 bits per heavy atom. The van der Waals surface area contributed by atoms with Crippen LogP contribution >= 0.6 is 0 Å². The average molecular weight is 407 g/mol. The zero-order valence-electron chi connectivity index (χ0n) is 19.0. The smallest absolute Gasteiger partial charge is 0.226 e. The molecule has 1 unspecified atom stereocenters. The van der Waals surface area contributed by atoms with Crippen LogP contribution in [0, 0.1) is 11.3 Å². The van der Waals surface area contributed by atoms with Crippen molar-refractivity contribution in [1.82, 2.24) is 9.97 Å². The van der Waals surface area contributed by atoms with E-state index in [4.69, 9.17) is 9.97 Å². The number of nitrogens with zero attached hydrogens (tertiary/aromatic N) is 3. The number of aromatic nitrogens is 2. The molecule has 1 N–H and O–H groups in total. The summed E-state index contributed by atoms with van der Waals surface area (Å²) in [5, 5.41) is 3.19. The van der Waals surface area contributed by atoms with Gasteiger partial charge in [0, 0.05) is 25.4 Å². The fraction of sp³-hybridized carbons (Fsp3) is 0.560. The minimum Gasteiger partial charge on any atom is -0.336 e. The van der Waals surface area contributed by atoms with E-state index < -0.39 is 0 Å². The molecule has 2 aromatic rings. The summed E-state index contributed by atoms with van der Waals surface area (Å²) in [6.45, 7) is 12.4. The van der Waals surface area contributed by atoms with Crippen LogP contribution in [-0.2, 0) is 24.2 Å². The monoisotopic (exact) mass is 406 g/mol. The number of anilines is 2. The molecule has 0 spiro atoms. The largest absolute Gasteiger partial charge is 0.336 e. The van der Waals surface area contributed by atoms with Crippen LogP contribution in [0.2, 0.25) is 0 Å². The summed E-state index contributed by atoms with van der Waals surface area (Å²) < 4.78 is 0. The Labute approximate surface area is 180 Å². The molecular formula is C25H34N4O. The molecule has 2 aliphatic rings. The van der Waals surface area contributed by atoms with Gasteiger partial charge in [-0.15, -0.1) is 0 Å². The van der Waals surface area contributed by atoms with Gasteiger partial charge in [0.15, 0.2) is 0 Å². The predicted octanol–water partition coefficient (Wildman–Crippen LogP) is 5.10. The second-order valence-corrected chi connectivity index (χ2v) is 10.1. The number of carbonyl (C=O) groups excluding carboxylic acids is 1. The lowest BCUT2D eigenvalue weighted by Crippen LogP contribution is -2.32. The molecule has 5 nitrogen and oxygen atoms in total. The van der Waals surface area contributed by atoms with Crippen molar-refractivity contribution in [2.75, 3.05) is 16.8 Å². The molecule has 1 fully saturated rings. The van der Waals surface area contributed by atoms with Crippen LogP contribution in [0.25, 0.3) is 0 Å². The fourth-order valence-electron chi connectivity index (χ4n) is 4.35. The number of hydrogen-bond donors (Lipinski definition) is 1. The van der Waals surface area contributed by atoms with Crippen LogP contribution in [0.3, 0.4) is 0 Å². The van der Waals surface area contributed by atoms with Crippen LogP contribution in [-0.4, -0.2) is 22.4 Å². The van der Waals surface area contributed by atoms with Gasteiger partial charge in [-0.3, -0.25) is 4.79 Å². The lowest BCUT2D eigenvalue weighted by Gasteiger charge is -2.30. The summed E-state index contributed by atoms with van der Waals surface area (Å²) in [5.41, 5.74) is 5.58. The van der Waals surface area contributed by atoms with Crippen LogP contribution in [0.1, 0.15) is 75.9 Å². The first kappa shape index (κ1) is 20.8. The van der Waals surface area contributed by atoms with E-state index in [1.54, 1.807) is 0 Å². The maximum absolute atomic E-state index is 12.7. The number of hydrogen-bond acceptors (Lipinski definition) is 4. The van der Waals surface area contributed by atoms with E-state index in [9.17, 15) is 4.79 Å². The minimum absolute atomic E-state index is 0.0501. The second kappa shape index (κ2) is 8.01. The van der Waals surface area contributed by atoms with E-state index in [1.165, 1.54) is 11.1 Å². The predicted molar refractivity (Wildman–Crippen MR) is 122 cm³/mol. The second-order valence-electron chi connectivity index (χ2n) is 10.1. The SMILES string of the molecule is CCc1nc(N2CCc3ccccc3C2)nc([C@H]2CC2C)c1NC(=O)CC(C)(C)C. The highest BCUT2D eigenvalue weighted by Gasteiger charge is 2.39. The number of nitrogens with one attached hydrogen (secondary N) is 1. The first-order valence-corrected chi connectivity index (χ1v) is 11.3. The van der Waals surface area contributed by atoms with Gasteiger partial charge in [0.05, 0.1) is 17.1 Å². The molecule has 0 bridgehead atoms. The Morgan fingerprint density at radius 3 is 2.53 bits per heavy atom. The van der Waals surface area contributed by atoms with Gasteiger partial charge in [-0.05, 0) is 41.7 Å². The van der Waals surface area contributed by atoms with Crippen molar-refractivity contribution < 1.29 is 4.79 Å². The van der Waals surface area contributed by atoms with E-state index >= 15 is 0 Å². The summed E-state index contributed by atoms with van der Waals surface area (Å²) in [5.74, 6) is 1.89. The first-order chi connectivity index (χ1) is 14.2. The highest BCUT2D eigenvalue weighted by atomic mass is 16.1. The maximum Gasteiger partial charge on any atom is 0.226 e. The van der Waals surface area contributed by atoms with Crippen molar-refractivity contribution in [3.63, 3.8) is 0 Å². The highest BCUT2D eigenvalue weighted by Crippen LogP contribution is 2.49. The Kier molecular flexibility index (Phi) is 5.56. The van der Waals surface area contributed by atoms with Gasteiger partial charge in [-0.2, -0.15) is 0 Å². The van der Waals surface area contributed by atoms with Crippen LogP contribution in [0.5, 0.6) is 0 Å². The number of carbonyl (C=O) groups is 1. The third-order valence-corrected chi connectivity index (χ3v) is 6.16. The highest BCUT2D eigenvalue weighted by molar-refractivity contribution is 5.92. The summed E-state index contributed by atoms with van der Waals surface area (Å²) in [4.78, 5) is 25.0. The Bertz CT molecular complexity index is 947. The lowest BCUT2D eigenvalue weighted by atomic mass is 9.92. The van der Waals surface area contributed by atoms with Crippen molar-refractivity contribution in [1.29, 1.82) is 0 Å². The molecule has 160 valence electrons. The van der Waals surface area contributed by atoms with Crippen LogP contribution in [0.4, 0.5) is 11.6 Å². The molecule has 5 heteroatoms. The molecule has 30 heavy (non-hydrogen) atoms. The fourth-order valence-corrected chi connectivity index (χ4v) is 4.35. The number of aryl methyl sites for hydroxylation is 1. The van der Waals surface area contributed by atoms with E-state index in [0.29, 0.717) is 18.3 Å². The molecule has 0 saturated heterocycles.